The summed E-state index contributed by atoms with van der Waals surface area (Å²) in [5.41, 5.74) is 2.02. The number of benzene rings is 1. The summed E-state index contributed by atoms with van der Waals surface area (Å²) in [4.78, 5) is 25.6. The largest absolute Gasteiger partial charge is 0.355 e. The normalized spacial score (nSPS) is 10.8. The molecule has 1 aromatic carbocycles. The van der Waals surface area contributed by atoms with E-state index in [-0.39, 0.29) is 11.8 Å². The summed E-state index contributed by atoms with van der Waals surface area (Å²) in [5.74, 6) is -0.240. The molecule has 2 N–H and O–H groups in total. The zero-order chi connectivity index (χ0) is 15.3. The summed E-state index contributed by atoms with van der Waals surface area (Å²) in [6.07, 6.45) is 0. The molecule has 5 nitrogen and oxygen atoms in total. The monoisotopic (exact) mass is 277 g/mol. The molecular weight excluding hydrogens is 254 g/mol. The molecule has 0 saturated heterocycles. The molecule has 0 aliphatic rings. The van der Waals surface area contributed by atoms with Gasteiger partial charge in [0, 0.05) is 24.3 Å². The van der Waals surface area contributed by atoms with Crippen LogP contribution in [0, 0.1) is 6.92 Å². The van der Waals surface area contributed by atoms with E-state index < -0.39 is 0 Å². The van der Waals surface area contributed by atoms with Crippen molar-refractivity contribution in [2.45, 2.75) is 26.8 Å². The maximum Gasteiger partial charge on any atom is 0.251 e. The highest BCUT2D eigenvalue weighted by Crippen LogP contribution is 2.18. The van der Waals surface area contributed by atoms with E-state index in [1.807, 2.05) is 32.7 Å². The topological polar surface area (TPSA) is 61.4 Å². The molecule has 1 aromatic rings. The summed E-state index contributed by atoms with van der Waals surface area (Å²) < 4.78 is 0. The maximum absolute atomic E-state index is 12.0. The Morgan fingerprint density at radius 3 is 2.50 bits per heavy atom. The first-order chi connectivity index (χ1) is 9.36. The van der Waals surface area contributed by atoms with Crippen LogP contribution in [0.15, 0.2) is 18.2 Å². The van der Waals surface area contributed by atoms with Crippen LogP contribution in [-0.4, -0.2) is 43.4 Å². The van der Waals surface area contributed by atoms with E-state index >= 15 is 0 Å². The highest BCUT2D eigenvalue weighted by Gasteiger charge is 2.13. The molecule has 5 heteroatoms. The van der Waals surface area contributed by atoms with Gasteiger partial charge in [0.15, 0.2) is 0 Å². The summed E-state index contributed by atoms with van der Waals surface area (Å²) >= 11 is 0. The van der Waals surface area contributed by atoms with Crippen LogP contribution in [0.25, 0.3) is 0 Å². The Morgan fingerprint density at radius 2 is 1.95 bits per heavy atom. The highest BCUT2D eigenvalue weighted by molar-refractivity contribution is 5.99. The van der Waals surface area contributed by atoms with Crippen LogP contribution in [0.4, 0.5) is 5.69 Å². The van der Waals surface area contributed by atoms with Crippen LogP contribution in [0.3, 0.4) is 0 Å². The number of hydrogen-bond acceptors (Lipinski definition) is 3. The zero-order valence-electron chi connectivity index (χ0n) is 12.8. The lowest BCUT2D eigenvalue weighted by Crippen LogP contribution is -2.35. The molecule has 1 rings (SSSR count). The predicted molar refractivity (Wildman–Crippen MR) is 81.0 cm³/mol. The molecule has 0 unspecified atom stereocenters. The number of carbonyl (C=O) groups is 2. The molecule has 0 aromatic heterocycles. The van der Waals surface area contributed by atoms with Crippen molar-refractivity contribution in [3.63, 3.8) is 0 Å². The van der Waals surface area contributed by atoms with E-state index in [0.717, 1.165) is 5.56 Å². The van der Waals surface area contributed by atoms with Crippen molar-refractivity contribution in [2.75, 3.05) is 26.0 Å². The molecule has 0 spiro atoms. The molecule has 0 aliphatic heterocycles. The van der Waals surface area contributed by atoms with Gasteiger partial charge >= 0.3 is 0 Å². The maximum atomic E-state index is 12.0. The lowest BCUT2D eigenvalue weighted by atomic mass is 10.1. The molecule has 0 aliphatic carbocycles. The van der Waals surface area contributed by atoms with Gasteiger partial charge in [-0.1, -0.05) is 6.07 Å². The molecular formula is C15H23N3O2. The molecule has 110 valence electrons. The number of nitrogens with one attached hydrogen (secondary N) is 2. The molecule has 0 saturated carbocycles. The number of anilines is 1. The second-order valence-electron chi connectivity index (χ2n) is 5.11. The van der Waals surface area contributed by atoms with Gasteiger partial charge in [0.2, 0.25) is 5.91 Å². The van der Waals surface area contributed by atoms with Crippen molar-refractivity contribution in [1.82, 2.24) is 10.2 Å². The first kappa shape index (κ1) is 16.2. The van der Waals surface area contributed by atoms with Crippen LogP contribution in [0.2, 0.25) is 0 Å². The minimum Gasteiger partial charge on any atom is -0.355 e. The van der Waals surface area contributed by atoms with Crippen molar-refractivity contribution in [3.8, 4) is 0 Å². The minimum absolute atomic E-state index is 0.0849. The quantitative estimate of drug-likeness (QED) is 0.860. The minimum atomic E-state index is -0.155. The predicted octanol–water partition coefficient (Wildman–Crippen LogP) is 1.63. The number of likely N-dealkylation sites (N-methyl/N-ethyl adjacent to an activating group) is 1. The molecule has 0 bridgehead atoms. The van der Waals surface area contributed by atoms with Gasteiger partial charge in [0.05, 0.1) is 6.54 Å². The zero-order valence-corrected chi connectivity index (χ0v) is 12.8. The van der Waals surface area contributed by atoms with E-state index in [1.165, 1.54) is 0 Å². The van der Waals surface area contributed by atoms with Crippen molar-refractivity contribution in [1.29, 1.82) is 0 Å². The lowest BCUT2D eigenvalue weighted by Gasteiger charge is -2.20. The van der Waals surface area contributed by atoms with Crippen LogP contribution < -0.4 is 10.6 Å². The summed E-state index contributed by atoms with van der Waals surface area (Å²) in [5, 5.41) is 5.44. The average molecular weight is 277 g/mol. The van der Waals surface area contributed by atoms with Gasteiger partial charge in [-0.3, -0.25) is 14.5 Å². The second kappa shape index (κ2) is 7.05. The van der Waals surface area contributed by atoms with E-state index in [4.69, 9.17) is 0 Å². The fourth-order valence-corrected chi connectivity index (χ4v) is 1.75. The Labute approximate surface area is 120 Å². The highest BCUT2D eigenvalue weighted by atomic mass is 16.2. The lowest BCUT2D eigenvalue weighted by molar-refractivity contribution is -0.117. The second-order valence-corrected chi connectivity index (χ2v) is 5.11. The fraction of sp³-hybridized carbons (Fsp3) is 0.467. The van der Waals surface area contributed by atoms with Crippen LogP contribution in [-0.2, 0) is 4.79 Å². The third-order valence-electron chi connectivity index (χ3n) is 3.35. The Hall–Kier alpha value is -1.88. The number of carbonyl (C=O) groups excluding carboxylic acids is 2. The number of nitrogens with zero attached hydrogens (tertiary/aromatic N) is 1. The van der Waals surface area contributed by atoms with Crippen LogP contribution in [0.5, 0.6) is 0 Å². The molecule has 0 atom stereocenters. The van der Waals surface area contributed by atoms with Gasteiger partial charge in [-0.2, -0.15) is 0 Å². The van der Waals surface area contributed by atoms with Gasteiger partial charge in [0.1, 0.15) is 0 Å². The summed E-state index contributed by atoms with van der Waals surface area (Å²) in [6.45, 7) is 6.21. The van der Waals surface area contributed by atoms with Crippen molar-refractivity contribution in [2.24, 2.45) is 0 Å². The van der Waals surface area contributed by atoms with E-state index in [0.29, 0.717) is 23.8 Å². The average Bonchev–Trinajstić information content (AvgIpc) is 2.40. The first-order valence-electron chi connectivity index (χ1n) is 6.68. The first-order valence-corrected chi connectivity index (χ1v) is 6.68. The number of rotatable bonds is 5. The van der Waals surface area contributed by atoms with Gasteiger partial charge in [0.25, 0.3) is 5.91 Å². The fourth-order valence-electron chi connectivity index (χ4n) is 1.75. The van der Waals surface area contributed by atoms with Crippen molar-refractivity contribution >= 4 is 17.5 Å². The molecule has 0 heterocycles. The van der Waals surface area contributed by atoms with Gasteiger partial charge in [-0.05, 0) is 45.5 Å². The van der Waals surface area contributed by atoms with Gasteiger partial charge in [-0.15, -0.1) is 0 Å². The van der Waals surface area contributed by atoms with Crippen molar-refractivity contribution in [3.05, 3.63) is 29.3 Å². The Balaban J connectivity index is 2.83. The standard InChI is InChI=1S/C15H23N3O2/c1-10(2)18(5)9-14(19)17-13-8-6-7-12(11(13)3)15(20)16-4/h6-8,10H,9H2,1-5H3,(H,16,20)(H,17,19). The van der Waals surface area contributed by atoms with E-state index in [1.54, 1.807) is 25.2 Å². The van der Waals surface area contributed by atoms with Crippen LogP contribution in [0.1, 0.15) is 29.8 Å². The Kier molecular flexibility index (Phi) is 5.70. The van der Waals surface area contributed by atoms with Gasteiger partial charge < -0.3 is 10.6 Å². The molecule has 0 fully saturated rings. The third-order valence-corrected chi connectivity index (χ3v) is 3.35. The molecule has 2 amide bonds. The third kappa shape index (κ3) is 4.06. The van der Waals surface area contributed by atoms with E-state index in [9.17, 15) is 9.59 Å². The molecule has 0 radical (unpaired) electrons. The smallest absolute Gasteiger partial charge is 0.251 e. The summed E-state index contributed by atoms with van der Waals surface area (Å²) in [7, 11) is 3.49. The number of hydrogen-bond donors (Lipinski definition) is 2. The Bertz CT molecular complexity index is 498. The van der Waals surface area contributed by atoms with Crippen molar-refractivity contribution < 1.29 is 9.59 Å². The molecule has 20 heavy (non-hydrogen) atoms. The SMILES string of the molecule is CNC(=O)c1cccc(NC(=O)CN(C)C(C)C)c1C. The van der Waals surface area contributed by atoms with Crippen LogP contribution >= 0.6 is 0 Å². The number of amides is 2. The van der Waals surface area contributed by atoms with E-state index in [2.05, 4.69) is 10.6 Å². The Morgan fingerprint density at radius 1 is 1.30 bits per heavy atom. The van der Waals surface area contributed by atoms with Gasteiger partial charge in [-0.25, -0.2) is 0 Å². The summed E-state index contributed by atoms with van der Waals surface area (Å²) in [6, 6.07) is 5.61.